The van der Waals surface area contributed by atoms with Gasteiger partial charge in [-0.05, 0) is 36.5 Å². The van der Waals surface area contributed by atoms with Crippen LogP contribution in [-0.4, -0.2) is 77.4 Å². The van der Waals surface area contributed by atoms with Gasteiger partial charge < -0.3 is 24.6 Å². The molecule has 2 aliphatic rings. The van der Waals surface area contributed by atoms with Crippen molar-refractivity contribution in [2.45, 2.75) is 29.9 Å². The van der Waals surface area contributed by atoms with Crippen molar-refractivity contribution in [3.63, 3.8) is 0 Å². The Hall–Kier alpha value is -3.37. The molecule has 1 aromatic heterocycles. The van der Waals surface area contributed by atoms with Crippen LogP contribution in [0, 0.1) is 0 Å². The fraction of sp³-hybridized carbons (Fsp3) is 0.316. The van der Waals surface area contributed by atoms with Gasteiger partial charge in [0.15, 0.2) is 0 Å². The van der Waals surface area contributed by atoms with Gasteiger partial charge in [0, 0.05) is 12.4 Å². The Balaban J connectivity index is 0.000000429. The highest BCUT2D eigenvalue weighted by molar-refractivity contribution is 7.89. The molecule has 0 unspecified atom stereocenters. The molecule has 0 saturated carbocycles. The number of sulfonamides is 1. The molecule has 1 fully saturated rings. The Labute approximate surface area is 196 Å². The molecule has 188 valence electrons. The third-order valence-electron chi connectivity index (χ3n) is 4.95. The number of aliphatic carboxylic acids is 1. The predicted molar refractivity (Wildman–Crippen MR) is 112 cm³/mol. The van der Waals surface area contributed by atoms with Crippen molar-refractivity contribution in [2.24, 2.45) is 0 Å². The van der Waals surface area contributed by atoms with E-state index in [-0.39, 0.29) is 35.0 Å². The van der Waals surface area contributed by atoms with Gasteiger partial charge in [0.1, 0.15) is 28.1 Å². The van der Waals surface area contributed by atoms with E-state index >= 15 is 0 Å². The average molecular weight is 518 g/mol. The lowest BCUT2D eigenvalue weighted by Crippen LogP contribution is -2.56. The number of alkyl halides is 3. The number of carbonyl (C=O) groups is 2. The zero-order chi connectivity index (χ0) is 26.0. The maximum atomic E-state index is 12.5. The van der Waals surface area contributed by atoms with E-state index in [1.807, 2.05) is 0 Å². The molecule has 3 heterocycles. The molecule has 0 radical (unpaired) electrons. The van der Waals surface area contributed by atoms with Crippen LogP contribution in [0.4, 0.5) is 13.2 Å². The highest BCUT2D eigenvalue weighted by Crippen LogP contribution is 2.37. The zero-order valence-corrected chi connectivity index (χ0v) is 18.5. The molecule has 0 atom stereocenters. The number of hydrogen-bond donors (Lipinski definition) is 3. The van der Waals surface area contributed by atoms with Gasteiger partial charge >= 0.3 is 25.2 Å². The van der Waals surface area contributed by atoms with Gasteiger partial charge in [0.2, 0.25) is 10.0 Å². The van der Waals surface area contributed by atoms with Crippen LogP contribution in [0.25, 0.3) is 0 Å². The first-order valence-electron chi connectivity index (χ1n) is 9.91. The Morgan fingerprint density at radius 2 is 1.86 bits per heavy atom. The van der Waals surface area contributed by atoms with Crippen molar-refractivity contribution in [2.75, 3.05) is 13.1 Å². The normalized spacial score (nSPS) is 16.2. The Morgan fingerprint density at radius 1 is 1.20 bits per heavy atom. The molecule has 16 heteroatoms. The van der Waals surface area contributed by atoms with Crippen LogP contribution in [-0.2, 0) is 21.2 Å². The Morgan fingerprint density at radius 3 is 2.40 bits per heavy atom. The van der Waals surface area contributed by atoms with E-state index in [4.69, 9.17) is 19.3 Å². The van der Waals surface area contributed by atoms with Gasteiger partial charge in [0.25, 0.3) is 0 Å². The fourth-order valence-electron chi connectivity index (χ4n) is 3.21. The number of carboxylic acids is 2. The second-order valence-electron chi connectivity index (χ2n) is 7.40. The number of halogens is 3. The number of pyridine rings is 1. The van der Waals surface area contributed by atoms with Crippen LogP contribution in [0.1, 0.15) is 15.9 Å². The van der Waals surface area contributed by atoms with Gasteiger partial charge in [-0.15, -0.1) is 0 Å². The summed E-state index contributed by atoms with van der Waals surface area (Å²) in [5, 5.41) is 26.4. The van der Waals surface area contributed by atoms with Crippen molar-refractivity contribution in [1.29, 1.82) is 0 Å². The number of ether oxygens (including phenoxy) is 1. The average Bonchev–Trinajstić information content (AvgIpc) is 2.75. The minimum atomic E-state index is -5.08. The van der Waals surface area contributed by atoms with Gasteiger partial charge in [-0.1, -0.05) is 6.07 Å². The topological polar surface area (TPSA) is 164 Å². The van der Waals surface area contributed by atoms with Crippen molar-refractivity contribution < 1.29 is 55.8 Å². The molecule has 0 spiro atoms. The molecule has 1 saturated heterocycles. The molecule has 0 bridgehead atoms. The summed E-state index contributed by atoms with van der Waals surface area (Å²) in [6.45, 7) is 0.188. The summed E-state index contributed by atoms with van der Waals surface area (Å²) in [4.78, 5) is 24.6. The van der Waals surface area contributed by atoms with E-state index in [2.05, 4.69) is 4.98 Å². The number of benzene rings is 1. The van der Waals surface area contributed by atoms with Crippen LogP contribution in [0.3, 0.4) is 0 Å². The summed E-state index contributed by atoms with van der Waals surface area (Å²) in [6.07, 6.45) is -1.92. The van der Waals surface area contributed by atoms with E-state index in [1.165, 1.54) is 22.8 Å². The SMILES string of the molecule is O=C(O)C(F)(F)F.O=C(O)c1c(OC2CN(S(=O)(=O)c3cccnc3)C2)ccc2c1OB(O)CC2. The van der Waals surface area contributed by atoms with E-state index in [1.54, 1.807) is 18.2 Å². The van der Waals surface area contributed by atoms with E-state index in [9.17, 15) is 36.5 Å². The van der Waals surface area contributed by atoms with E-state index in [0.717, 1.165) is 0 Å². The summed E-state index contributed by atoms with van der Waals surface area (Å²) >= 11 is 0. The molecule has 35 heavy (non-hydrogen) atoms. The van der Waals surface area contributed by atoms with Crippen LogP contribution in [0.2, 0.25) is 6.32 Å². The zero-order valence-electron chi connectivity index (χ0n) is 17.7. The second kappa shape index (κ2) is 10.1. The number of fused-ring (bicyclic) bond motifs is 1. The second-order valence-corrected chi connectivity index (χ2v) is 9.33. The number of aromatic nitrogens is 1. The molecule has 2 aromatic rings. The molecular formula is C19H18BF3N2O9S. The molecule has 4 rings (SSSR count). The monoisotopic (exact) mass is 518 g/mol. The van der Waals surface area contributed by atoms with Crippen LogP contribution >= 0.6 is 0 Å². The van der Waals surface area contributed by atoms with Crippen molar-refractivity contribution in [3.8, 4) is 11.5 Å². The maximum absolute atomic E-state index is 12.5. The summed E-state index contributed by atoms with van der Waals surface area (Å²) in [5.41, 5.74) is 0.522. The van der Waals surface area contributed by atoms with Crippen LogP contribution in [0.5, 0.6) is 11.5 Å². The minimum Gasteiger partial charge on any atom is -0.535 e. The van der Waals surface area contributed by atoms with Gasteiger partial charge in [-0.3, -0.25) is 4.98 Å². The van der Waals surface area contributed by atoms with Crippen molar-refractivity contribution in [1.82, 2.24) is 9.29 Å². The lowest BCUT2D eigenvalue weighted by atomic mass is 9.78. The first-order valence-corrected chi connectivity index (χ1v) is 11.4. The first-order chi connectivity index (χ1) is 16.3. The predicted octanol–water partition coefficient (Wildman–Crippen LogP) is 1.28. The molecule has 11 nitrogen and oxygen atoms in total. The number of aryl methyl sites for hydroxylation is 1. The highest BCUT2D eigenvalue weighted by Gasteiger charge is 2.40. The van der Waals surface area contributed by atoms with Gasteiger partial charge in [-0.25, -0.2) is 18.0 Å². The largest absolute Gasteiger partial charge is 0.535 e. The summed E-state index contributed by atoms with van der Waals surface area (Å²) in [6, 6.07) is 6.25. The van der Waals surface area contributed by atoms with Gasteiger partial charge in [0.05, 0.1) is 13.1 Å². The van der Waals surface area contributed by atoms with E-state index in [0.29, 0.717) is 18.3 Å². The van der Waals surface area contributed by atoms with Crippen molar-refractivity contribution in [3.05, 3.63) is 47.8 Å². The molecular weight excluding hydrogens is 500 g/mol. The van der Waals surface area contributed by atoms with Crippen molar-refractivity contribution >= 4 is 29.1 Å². The molecule has 3 N–H and O–H groups in total. The minimum absolute atomic E-state index is 0.0868. The lowest BCUT2D eigenvalue weighted by Gasteiger charge is -2.38. The molecule has 0 aliphatic carbocycles. The molecule has 1 aromatic carbocycles. The quantitative estimate of drug-likeness (QED) is 0.492. The number of carboxylic acid groups (broad SMARTS) is 2. The standard InChI is InChI=1S/C17H17BN2O7S.C2HF3O2/c21-17(22)15-14(4-3-11-5-6-18(23)27-16(11)15)26-12-9-20(10-12)28(24,25)13-2-1-7-19-8-13;3-2(4,5)1(6)7/h1-4,7-8,12,23H,5-6,9-10H2,(H,21,22);(H,6,7). The molecule has 2 aliphatic heterocycles. The summed E-state index contributed by atoms with van der Waals surface area (Å²) in [7, 11) is -4.72. The Kier molecular flexibility index (Phi) is 7.57. The maximum Gasteiger partial charge on any atom is 0.522 e. The summed E-state index contributed by atoms with van der Waals surface area (Å²) in [5.74, 6) is -3.81. The van der Waals surface area contributed by atoms with Crippen LogP contribution < -0.4 is 9.39 Å². The summed E-state index contributed by atoms with van der Waals surface area (Å²) < 4.78 is 69.0. The number of nitrogens with zero attached hydrogens (tertiary/aromatic N) is 2. The fourth-order valence-corrected chi connectivity index (χ4v) is 4.68. The highest BCUT2D eigenvalue weighted by atomic mass is 32.2. The molecule has 0 amide bonds. The lowest BCUT2D eigenvalue weighted by molar-refractivity contribution is -0.192. The Bertz CT molecular complexity index is 1210. The number of hydrogen-bond acceptors (Lipinski definition) is 8. The van der Waals surface area contributed by atoms with Gasteiger partial charge in [-0.2, -0.15) is 17.5 Å². The number of aromatic carboxylic acids is 1. The third-order valence-corrected chi connectivity index (χ3v) is 6.77. The first kappa shape index (κ1) is 26.2. The van der Waals surface area contributed by atoms with E-state index < -0.39 is 41.4 Å². The third kappa shape index (κ3) is 6.01. The smallest absolute Gasteiger partial charge is 0.522 e. The van der Waals surface area contributed by atoms with Crippen LogP contribution in [0.15, 0.2) is 41.6 Å². The number of rotatable bonds is 5.